The predicted molar refractivity (Wildman–Crippen MR) is 78.6 cm³/mol. The standard InChI is InChI=1S/C12H20N6S/c1-3-4-18(12(14)15-8-13)5-6-19-7-11-10(2)16-9-17-11/h9H,3-7H2,1-2H3,(H2,14,15)(H,16,17). The first kappa shape index (κ1) is 15.4. The van der Waals surface area contributed by atoms with E-state index in [0.29, 0.717) is 5.96 Å². The first-order valence-corrected chi connectivity index (χ1v) is 7.38. The number of hydrogen-bond acceptors (Lipinski definition) is 4. The SMILES string of the molecule is CCCN(CCSCc1nc[nH]c1C)C(N)=NC#N. The van der Waals surface area contributed by atoms with E-state index >= 15 is 0 Å². The van der Waals surface area contributed by atoms with Crippen LogP contribution in [0.1, 0.15) is 24.7 Å². The fraction of sp³-hybridized carbons (Fsp3) is 0.583. The molecule has 19 heavy (non-hydrogen) atoms. The maximum atomic E-state index is 8.52. The third kappa shape index (κ3) is 5.22. The quantitative estimate of drug-likeness (QED) is 0.341. The number of thioether (sulfide) groups is 1. The molecule has 0 amide bonds. The molecule has 104 valence electrons. The Morgan fingerprint density at radius 2 is 2.42 bits per heavy atom. The number of nitrogens with one attached hydrogen (secondary N) is 1. The number of aromatic nitrogens is 2. The summed E-state index contributed by atoms with van der Waals surface area (Å²) >= 11 is 1.80. The van der Waals surface area contributed by atoms with Crippen LogP contribution in [-0.2, 0) is 5.75 Å². The van der Waals surface area contributed by atoms with Crippen LogP contribution in [0.5, 0.6) is 0 Å². The molecule has 1 heterocycles. The first-order chi connectivity index (χ1) is 9.19. The van der Waals surface area contributed by atoms with E-state index < -0.39 is 0 Å². The molecule has 0 radical (unpaired) electrons. The van der Waals surface area contributed by atoms with Gasteiger partial charge in [-0.2, -0.15) is 17.0 Å². The maximum absolute atomic E-state index is 8.52. The van der Waals surface area contributed by atoms with E-state index in [9.17, 15) is 0 Å². The second-order valence-corrected chi connectivity index (χ2v) is 5.19. The van der Waals surface area contributed by atoms with Crippen LogP contribution in [0.3, 0.4) is 0 Å². The summed E-state index contributed by atoms with van der Waals surface area (Å²) in [5.74, 6) is 2.11. The lowest BCUT2D eigenvalue weighted by Gasteiger charge is -2.21. The highest BCUT2D eigenvalue weighted by Gasteiger charge is 2.07. The van der Waals surface area contributed by atoms with Crippen LogP contribution in [0, 0.1) is 18.4 Å². The molecule has 0 aromatic carbocycles. The Bertz CT molecular complexity index is 447. The summed E-state index contributed by atoms with van der Waals surface area (Å²) in [6.07, 6.45) is 4.42. The van der Waals surface area contributed by atoms with Gasteiger partial charge in [0.15, 0.2) is 0 Å². The number of guanidine groups is 1. The summed E-state index contributed by atoms with van der Waals surface area (Å²) < 4.78 is 0. The van der Waals surface area contributed by atoms with Gasteiger partial charge in [0.25, 0.3) is 0 Å². The average Bonchev–Trinajstić information content (AvgIpc) is 2.79. The third-order valence-corrected chi connectivity index (χ3v) is 3.61. The first-order valence-electron chi connectivity index (χ1n) is 6.22. The maximum Gasteiger partial charge on any atom is 0.209 e. The number of hydrogen-bond donors (Lipinski definition) is 2. The zero-order chi connectivity index (χ0) is 14.1. The molecule has 1 rings (SSSR count). The van der Waals surface area contributed by atoms with Gasteiger partial charge in [-0.15, -0.1) is 4.99 Å². The van der Waals surface area contributed by atoms with Crippen molar-refractivity contribution in [3.05, 3.63) is 17.7 Å². The fourth-order valence-electron chi connectivity index (χ4n) is 1.61. The molecule has 7 heteroatoms. The van der Waals surface area contributed by atoms with Crippen LogP contribution in [0.15, 0.2) is 11.3 Å². The molecule has 0 spiro atoms. The zero-order valence-corrected chi connectivity index (χ0v) is 12.2. The molecule has 1 aromatic rings. The predicted octanol–water partition coefficient (Wildman–Crippen LogP) is 1.46. The lowest BCUT2D eigenvalue weighted by Crippen LogP contribution is -2.39. The van der Waals surface area contributed by atoms with E-state index in [1.807, 2.05) is 11.8 Å². The van der Waals surface area contributed by atoms with Crippen LogP contribution >= 0.6 is 11.8 Å². The van der Waals surface area contributed by atoms with Crippen molar-refractivity contribution in [3.63, 3.8) is 0 Å². The monoisotopic (exact) mass is 280 g/mol. The molecule has 0 aliphatic rings. The summed E-state index contributed by atoms with van der Waals surface area (Å²) in [5, 5.41) is 8.52. The van der Waals surface area contributed by atoms with Crippen molar-refractivity contribution in [2.45, 2.75) is 26.0 Å². The number of aliphatic imine (C=N–C) groups is 1. The second kappa shape index (κ2) is 8.43. The second-order valence-electron chi connectivity index (χ2n) is 4.08. The molecular weight excluding hydrogens is 260 g/mol. The van der Waals surface area contributed by atoms with Crippen LogP contribution < -0.4 is 5.73 Å². The number of aromatic amines is 1. The molecule has 0 unspecified atom stereocenters. The Hall–Kier alpha value is -1.68. The number of nitrogens with two attached hydrogens (primary N) is 1. The minimum atomic E-state index is 0.306. The highest BCUT2D eigenvalue weighted by molar-refractivity contribution is 7.98. The van der Waals surface area contributed by atoms with Crippen molar-refractivity contribution in [1.82, 2.24) is 14.9 Å². The van der Waals surface area contributed by atoms with Crippen LogP contribution in [0.25, 0.3) is 0 Å². The summed E-state index contributed by atoms with van der Waals surface area (Å²) in [5.41, 5.74) is 7.95. The minimum absolute atomic E-state index is 0.306. The molecular formula is C12H20N6S. The lowest BCUT2D eigenvalue weighted by atomic mass is 10.4. The minimum Gasteiger partial charge on any atom is -0.369 e. The van der Waals surface area contributed by atoms with Gasteiger partial charge < -0.3 is 15.6 Å². The van der Waals surface area contributed by atoms with Crippen molar-refractivity contribution < 1.29 is 0 Å². The summed E-state index contributed by atoms with van der Waals surface area (Å²) in [4.78, 5) is 12.8. The van der Waals surface area contributed by atoms with E-state index in [-0.39, 0.29) is 0 Å². The molecule has 0 aliphatic heterocycles. The van der Waals surface area contributed by atoms with E-state index in [1.54, 1.807) is 24.3 Å². The summed E-state index contributed by atoms with van der Waals surface area (Å²) in [6.45, 7) is 5.70. The average molecular weight is 280 g/mol. The molecule has 1 aromatic heterocycles. The highest BCUT2D eigenvalue weighted by Crippen LogP contribution is 2.12. The Morgan fingerprint density at radius 1 is 1.63 bits per heavy atom. The Labute approximate surface area is 118 Å². The van der Waals surface area contributed by atoms with E-state index in [4.69, 9.17) is 11.0 Å². The molecule has 0 saturated heterocycles. The number of nitrogens with zero attached hydrogens (tertiary/aromatic N) is 4. The molecule has 3 N–H and O–H groups in total. The number of imidazole rings is 1. The van der Waals surface area contributed by atoms with Crippen molar-refractivity contribution in [2.24, 2.45) is 10.7 Å². The fourth-order valence-corrected chi connectivity index (χ4v) is 2.59. The third-order valence-electron chi connectivity index (χ3n) is 2.66. The van der Waals surface area contributed by atoms with Gasteiger partial charge in [0, 0.05) is 30.3 Å². The van der Waals surface area contributed by atoms with Gasteiger partial charge in [-0.25, -0.2) is 4.98 Å². The van der Waals surface area contributed by atoms with Crippen LogP contribution in [0.4, 0.5) is 0 Å². The largest absolute Gasteiger partial charge is 0.369 e. The number of nitriles is 1. The summed E-state index contributed by atoms with van der Waals surface area (Å²) in [7, 11) is 0. The highest BCUT2D eigenvalue weighted by atomic mass is 32.2. The van der Waals surface area contributed by atoms with Gasteiger partial charge >= 0.3 is 0 Å². The van der Waals surface area contributed by atoms with E-state index in [1.165, 1.54) is 0 Å². The number of rotatable bonds is 7. The van der Waals surface area contributed by atoms with Gasteiger partial charge in [0.2, 0.25) is 12.2 Å². The molecule has 0 bridgehead atoms. The number of H-pyrrole nitrogens is 1. The number of aryl methyl sites for hydroxylation is 1. The molecule has 0 aliphatic carbocycles. The smallest absolute Gasteiger partial charge is 0.209 e. The Balaban J connectivity index is 2.35. The van der Waals surface area contributed by atoms with Gasteiger partial charge in [-0.3, -0.25) is 0 Å². The van der Waals surface area contributed by atoms with Gasteiger partial charge in [0.1, 0.15) is 0 Å². The summed E-state index contributed by atoms with van der Waals surface area (Å²) in [6, 6.07) is 0. The van der Waals surface area contributed by atoms with Crippen molar-refractivity contribution in [2.75, 3.05) is 18.8 Å². The zero-order valence-electron chi connectivity index (χ0n) is 11.4. The molecule has 0 atom stereocenters. The van der Waals surface area contributed by atoms with E-state index in [0.717, 1.165) is 42.4 Å². The van der Waals surface area contributed by atoms with Crippen molar-refractivity contribution in [3.8, 4) is 6.19 Å². The molecule has 0 fully saturated rings. The van der Waals surface area contributed by atoms with Crippen molar-refractivity contribution in [1.29, 1.82) is 5.26 Å². The van der Waals surface area contributed by atoms with Crippen LogP contribution in [0.2, 0.25) is 0 Å². The normalized spacial score (nSPS) is 11.3. The van der Waals surface area contributed by atoms with Gasteiger partial charge in [-0.05, 0) is 13.3 Å². The Morgan fingerprint density at radius 3 is 3.00 bits per heavy atom. The molecule has 6 nitrogen and oxygen atoms in total. The molecule has 0 saturated carbocycles. The van der Waals surface area contributed by atoms with Gasteiger partial charge in [0.05, 0.1) is 12.0 Å². The van der Waals surface area contributed by atoms with Gasteiger partial charge in [-0.1, -0.05) is 6.92 Å². The lowest BCUT2D eigenvalue weighted by molar-refractivity contribution is 0.438. The Kier molecular flexibility index (Phi) is 6.82. The van der Waals surface area contributed by atoms with E-state index in [2.05, 4.69) is 21.9 Å². The van der Waals surface area contributed by atoms with Crippen LogP contribution in [-0.4, -0.2) is 39.7 Å². The topological polar surface area (TPSA) is 94.1 Å². The van der Waals surface area contributed by atoms with Crippen molar-refractivity contribution >= 4 is 17.7 Å².